The number of nitrogens with one attached hydrogen (secondary N) is 1. The zero-order valence-corrected chi connectivity index (χ0v) is 7.86. The molecule has 1 saturated heterocycles. The number of β-amino-alcohol motifs (C(OH)–C–C–N with tert-alkyl or cyclic N) is 1. The monoisotopic (exact) mass is 184 g/mol. The lowest BCUT2D eigenvalue weighted by Gasteiger charge is -2.19. The van der Waals surface area contributed by atoms with E-state index in [-0.39, 0.29) is 5.91 Å². The van der Waals surface area contributed by atoms with E-state index >= 15 is 0 Å². The van der Waals surface area contributed by atoms with Crippen LogP contribution in [0, 0.1) is 0 Å². The van der Waals surface area contributed by atoms with Crippen LogP contribution < -0.4 is 5.32 Å². The van der Waals surface area contributed by atoms with Crippen LogP contribution >= 0.6 is 0 Å². The van der Waals surface area contributed by atoms with Crippen molar-refractivity contribution in [2.45, 2.75) is 13.0 Å². The van der Waals surface area contributed by atoms with Gasteiger partial charge in [-0.05, 0) is 13.0 Å². The van der Waals surface area contributed by atoms with Gasteiger partial charge >= 0.3 is 0 Å². The van der Waals surface area contributed by atoms with Gasteiger partial charge in [-0.25, -0.2) is 0 Å². The van der Waals surface area contributed by atoms with Crippen molar-refractivity contribution in [1.82, 2.24) is 10.2 Å². The van der Waals surface area contributed by atoms with E-state index in [1.165, 1.54) is 6.08 Å². The maximum Gasteiger partial charge on any atom is 0.246 e. The van der Waals surface area contributed by atoms with E-state index in [0.29, 0.717) is 19.6 Å². The molecular formula is C9H16N2O2. The molecule has 1 aliphatic heterocycles. The van der Waals surface area contributed by atoms with Crippen LogP contribution in [0.25, 0.3) is 0 Å². The minimum Gasteiger partial charge on any atom is -0.390 e. The van der Waals surface area contributed by atoms with Crippen LogP contribution in [0.1, 0.15) is 6.92 Å². The Bertz CT molecular complexity index is 204. The summed E-state index contributed by atoms with van der Waals surface area (Å²) in [5.74, 6) is -0.0229. The van der Waals surface area contributed by atoms with E-state index in [4.69, 9.17) is 0 Å². The van der Waals surface area contributed by atoms with Gasteiger partial charge in [-0.3, -0.25) is 4.79 Å². The fourth-order valence-electron chi connectivity index (χ4n) is 1.34. The molecule has 4 nitrogen and oxygen atoms in total. The van der Waals surface area contributed by atoms with Gasteiger partial charge in [0.05, 0.1) is 6.10 Å². The molecule has 2 N–H and O–H groups in total. The van der Waals surface area contributed by atoms with Gasteiger partial charge in [0.15, 0.2) is 0 Å². The molecule has 4 heteroatoms. The van der Waals surface area contributed by atoms with Crippen molar-refractivity contribution in [2.75, 3.05) is 26.2 Å². The largest absolute Gasteiger partial charge is 0.390 e. The molecule has 0 aromatic rings. The van der Waals surface area contributed by atoms with Gasteiger partial charge in [0, 0.05) is 26.2 Å². The summed E-state index contributed by atoms with van der Waals surface area (Å²) in [4.78, 5) is 13.1. The van der Waals surface area contributed by atoms with Crippen LogP contribution in [0.4, 0.5) is 0 Å². The SMILES string of the molecule is C/C=C/C(=O)N1CCNCC(O)C1. The average molecular weight is 184 g/mol. The lowest BCUT2D eigenvalue weighted by molar-refractivity contribution is -0.126. The quantitative estimate of drug-likeness (QED) is 0.533. The Morgan fingerprint density at radius 2 is 2.46 bits per heavy atom. The second-order valence-electron chi connectivity index (χ2n) is 3.14. The number of allylic oxidation sites excluding steroid dienone is 1. The minimum absolute atomic E-state index is 0.0229. The third kappa shape index (κ3) is 3.16. The summed E-state index contributed by atoms with van der Waals surface area (Å²) in [7, 11) is 0. The van der Waals surface area contributed by atoms with Crippen molar-refractivity contribution in [3.8, 4) is 0 Å². The molecule has 0 aromatic carbocycles. The number of amides is 1. The number of carbonyl (C=O) groups excluding carboxylic acids is 1. The van der Waals surface area contributed by atoms with Crippen LogP contribution in [0.5, 0.6) is 0 Å². The Morgan fingerprint density at radius 1 is 1.69 bits per heavy atom. The van der Waals surface area contributed by atoms with Crippen LogP contribution in [-0.2, 0) is 4.79 Å². The highest BCUT2D eigenvalue weighted by molar-refractivity contribution is 5.87. The molecule has 0 bridgehead atoms. The van der Waals surface area contributed by atoms with E-state index < -0.39 is 6.10 Å². The van der Waals surface area contributed by atoms with E-state index in [1.807, 2.05) is 6.92 Å². The van der Waals surface area contributed by atoms with Crippen molar-refractivity contribution in [1.29, 1.82) is 0 Å². The number of aliphatic hydroxyl groups excluding tert-OH is 1. The maximum absolute atomic E-state index is 11.4. The fraction of sp³-hybridized carbons (Fsp3) is 0.667. The highest BCUT2D eigenvalue weighted by Crippen LogP contribution is 1.97. The van der Waals surface area contributed by atoms with E-state index in [9.17, 15) is 9.90 Å². The zero-order valence-electron chi connectivity index (χ0n) is 7.86. The molecule has 1 rings (SSSR count). The lowest BCUT2D eigenvalue weighted by Crippen LogP contribution is -2.36. The topological polar surface area (TPSA) is 52.6 Å². The first-order chi connectivity index (χ1) is 6.24. The van der Waals surface area contributed by atoms with Gasteiger partial charge in [0.2, 0.25) is 5.91 Å². The molecule has 13 heavy (non-hydrogen) atoms. The first kappa shape index (κ1) is 10.2. The van der Waals surface area contributed by atoms with E-state index in [1.54, 1.807) is 11.0 Å². The second-order valence-corrected chi connectivity index (χ2v) is 3.14. The molecule has 1 aliphatic rings. The molecule has 1 unspecified atom stereocenters. The molecule has 1 atom stereocenters. The normalized spacial score (nSPS) is 24.8. The predicted octanol–water partition coefficient (Wildman–Crippen LogP) is -0.645. The summed E-state index contributed by atoms with van der Waals surface area (Å²) in [6.45, 7) is 4.22. The summed E-state index contributed by atoms with van der Waals surface area (Å²) >= 11 is 0. The van der Waals surface area contributed by atoms with E-state index in [2.05, 4.69) is 5.32 Å². The average Bonchev–Trinajstić information content (AvgIpc) is 2.30. The molecule has 0 radical (unpaired) electrons. The van der Waals surface area contributed by atoms with Gasteiger partial charge in [0.1, 0.15) is 0 Å². The highest BCUT2D eigenvalue weighted by Gasteiger charge is 2.17. The van der Waals surface area contributed by atoms with E-state index in [0.717, 1.165) is 6.54 Å². The molecule has 1 fully saturated rings. The number of rotatable bonds is 1. The van der Waals surface area contributed by atoms with Crippen LogP contribution in [0.2, 0.25) is 0 Å². The van der Waals surface area contributed by atoms with Gasteiger partial charge in [-0.15, -0.1) is 0 Å². The number of aliphatic hydroxyl groups is 1. The maximum atomic E-state index is 11.4. The second kappa shape index (κ2) is 4.99. The van der Waals surface area contributed by atoms with Crippen molar-refractivity contribution in [3.63, 3.8) is 0 Å². The molecule has 1 amide bonds. The summed E-state index contributed by atoms with van der Waals surface area (Å²) in [5, 5.41) is 12.5. The van der Waals surface area contributed by atoms with Gasteiger partial charge in [-0.2, -0.15) is 0 Å². The summed E-state index contributed by atoms with van der Waals surface area (Å²) < 4.78 is 0. The summed E-state index contributed by atoms with van der Waals surface area (Å²) in [6.07, 6.45) is 2.79. The van der Waals surface area contributed by atoms with Gasteiger partial charge in [0.25, 0.3) is 0 Å². The Morgan fingerprint density at radius 3 is 3.15 bits per heavy atom. The van der Waals surface area contributed by atoms with Crippen LogP contribution in [0.3, 0.4) is 0 Å². The van der Waals surface area contributed by atoms with Crippen molar-refractivity contribution < 1.29 is 9.90 Å². The molecule has 74 valence electrons. The molecule has 0 spiro atoms. The Hall–Kier alpha value is -0.870. The predicted molar refractivity (Wildman–Crippen MR) is 50.3 cm³/mol. The first-order valence-corrected chi connectivity index (χ1v) is 4.54. The smallest absolute Gasteiger partial charge is 0.246 e. The zero-order chi connectivity index (χ0) is 9.68. The van der Waals surface area contributed by atoms with Gasteiger partial charge in [-0.1, -0.05) is 6.08 Å². The Labute approximate surface area is 78.2 Å². The highest BCUT2D eigenvalue weighted by atomic mass is 16.3. The summed E-state index contributed by atoms with van der Waals surface area (Å²) in [5.41, 5.74) is 0. The van der Waals surface area contributed by atoms with Gasteiger partial charge < -0.3 is 15.3 Å². The number of nitrogens with zero attached hydrogens (tertiary/aromatic N) is 1. The molecule has 1 heterocycles. The Balaban J connectivity index is 2.51. The Kier molecular flexibility index (Phi) is 3.92. The number of hydrogen-bond acceptors (Lipinski definition) is 3. The van der Waals surface area contributed by atoms with Crippen LogP contribution in [-0.4, -0.2) is 48.2 Å². The standard InChI is InChI=1S/C9H16N2O2/c1-2-3-9(13)11-5-4-10-6-8(12)7-11/h2-3,8,10,12H,4-7H2,1H3/b3-2+. The third-order valence-electron chi connectivity index (χ3n) is 1.99. The third-order valence-corrected chi connectivity index (χ3v) is 1.99. The van der Waals surface area contributed by atoms with Crippen LogP contribution in [0.15, 0.2) is 12.2 Å². The fourth-order valence-corrected chi connectivity index (χ4v) is 1.34. The number of hydrogen-bond donors (Lipinski definition) is 2. The van der Waals surface area contributed by atoms with Crippen molar-refractivity contribution in [3.05, 3.63) is 12.2 Å². The lowest BCUT2D eigenvalue weighted by atomic mass is 10.3. The first-order valence-electron chi connectivity index (χ1n) is 4.54. The molecular weight excluding hydrogens is 168 g/mol. The van der Waals surface area contributed by atoms with Crippen molar-refractivity contribution in [2.24, 2.45) is 0 Å². The van der Waals surface area contributed by atoms with Crippen molar-refractivity contribution >= 4 is 5.91 Å². The molecule has 0 aliphatic carbocycles. The summed E-state index contributed by atoms with van der Waals surface area (Å²) in [6, 6.07) is 0. The minimum atomic E-state index is -0.447. The molecule has 0 aromatic heterocycles. The molecule has 0 saturated carbocycles. The number of carbonyl (C=O) groups is 1.